The zero-order chi connectivity index (χ0) is 22.4. The third kappa shape index (κ3) is 3.43. The zero-order valence-electron chi connectivity index (χ0n) is 18.1. The second-order valence-electron chi connectivity index (χ2n) is 8.62. The maximum absolute atomic E-state index is 13.0. The molecule has 0 fully saturated rings. The van der Waals surface area contributed by atoms with E-state index in [1.54, 1.807) is 0 Å². The molecular formula is C25H25N3O4. The second kappa shape index (κ2) is 7.82. The van der Waals surface area contributed by atoms with Crippen molar-refractivity contribution in [2.24, 2.45) is 0 Å². The van der Waals surface area contributed by atoms with Crippen LogP contribution in [-0.2, 0) is 20.7 Å². The van der Waals surface area contributed by atoms with Gasteiger partial charge in [-0.2, -0.15) is 0 Å². The Kier molecular flexibility index (Phi) is 4.96. The minimum atomic E-state index is -0.589. The molecule has 2 atom stereocenters. The molecule has 32 heavy (non-hydrogen) atoms. The van der Waals surface area contributed by atoms with Crippen molar-refractivity contribution in [2.75, 3.05) is 13.2 Å². The minimum absolute atomic E-state index is 0.0114. The summed E-state index contributed by atoms with van der Waals surface area (Å²) >= 11 is 0. The van der Waals surface area contributed by atoms with Gasteiger partial charge in [0.1, 0.15) is 13.2 Å². The SMILES string of the molecule is Cc1ccc(C)c([C@@H]2NC(=O)N(CC(=O)N[C@H]3CCc4ccccc43)C3=C2C(=O)OC3)c1. The molecule has 164 valence electrons. The highest BCUT2D eigenvalue weighted by molar-refractivity contribution is 5.98. The summed E-state index contributed by atoms with van der Waals surface area (Å²) in [5.74, 6) is -0.723. The molecule has 0 saturated heterocycles. The summed E-state index contributed by atoms with van der Waals surface area (Å²) in [7, 11) is 0. The molecule has 0 saturated carbocycles. The Morgan fingerprint density at radius 2 is 1.97 bits per heavy atom. The number of carbonyl (C=O) groups is 3. The van der Waals surface area contributed by atoms with E-state index in [9.17, 15) is 14.4 Å². The fourth-order valence-corrected chi connectivity index (χ4v) is 4.87. The quantitative estimate of drug-likeness (QED) is 0.729. The molecule has 0 radical (unpaired) electrons. The molecule has 1 aliphatic carbocycles. The lowest BCUT2D eigenvalue weighted by atomic mass is 9.91. The number of nitrogens with one attached hydrogen (secondary N) is 2. The summed E-state index contributed by atoms with van der Waals surface area (Å²) in [4.78, 5) is 39.8. The van der Waals surface area contributed by atoms with Gasteiger partial charge < -0.3 is 15.4 Å². The Morgan fingerprint density at radius 3 is 2.81 bits per heavy atom. The third-order valence-electron chi connectivity index (χ3n) is 6.51. The first kappa shape index (κ1) is 20.3. The lowest BCUT2D eigenvalue weighted by molar-refractivity contribution is -0.136. The van der Waals surface area contributed by atoms with E-state index < -0.39 is 18.0 Å². The highest BCUT2D eigenvalue weighted by atomic mass is 16.5. The van der Waals surface area contributed by atoms with Crippen molar-refractivity contribution in [3.63, 3.8) is 0 Å². The van der Waals surface area contributed by atoms with E-state index in [0.29, 0.717) is 11.3 Å². The second-order valence-corrected chi connectivity index (χ2v) is 8.62. The van der Waals surface area contributed by atoms with Crippen molar-refractivity contribution in [3.8, 4) is 0 Å². The van der Waals surface area contributed by atoms with E-state index >= 15 is 0 Å². The Hall–Kier alpha value is -3.61. The summed E-state index contributed by atoms with van der Waals surface area (Å²) in [5, 5.41) is 5.96. The van der Waals surface area contributed by atoms with Crippen molar-refractivity contribution >= 4 is 17.9 Å². The van der Waals surface area contributed by atoms with Gasteiger partial charge in [0.2, 0.25) is 5.91 Å². The van der Waals surface area contributed by atoms with Gasteiger partial charge in [0, 0.05) is 0 Å². The highest BCUT2D eigenvalue weighted by Crippen LogP contribution is 2.36. The molecule has 0 aromatic heterocycles. The summed E-state index contributed by atoms with van der Waals surface area (Å²) in [6.45, 7) is 3.73. The molecule has 3 amide bonds. The molecule has 3 aliphatic rings. The van der Waals surface area contributed by atoms with Crippen LogP contribution in [0.25, 0.3) is 0 Å². The van der Waals surface area contributed by atoms with Gasteiger partial charge in [-0.25, -0.2) is 9.59 Å². The number of urea groups is 1. The lowest BCUT2D eigenvalue weighted by Gasteiger charge is -2.33. The summed E-state index contributed by atoms with van der Waals surface area (Å²) in [6.07, 6.45) is 1.75. The average Bonchev–Trinajstić information content (AvgIpc) is 3.36. The first-order chi connectivity index (χ1) is 15.4. The van der Waals surface area contributed by atoms with Gasteiger partial charge in [-0.15, -0.1) is 0 Å². The van der Waals surface area contributed by atoms with Gasteiger partial charge in [0.15, 0.2) is 0 Å². The largest absolute Gasteiger partial charge is 0.456 e. The Morgan fingerprint density at radius 1 is 1.16 bits per heavy atom. The van der Waals surface area contributed by atoms with Crippen LogP contribution in [0.15, 0.2) is 53.7 Å². The summed E-state index contributed by atoms with van der Waals surface area (Å²) in [5.41, 5.74) is 6.09. The average molecular weight is 431 g/mol. The van der Waals surface area contributed by atoms with Gasteiger partial charge in [-0.1, -0.05) is 48.0 Å². The standard InChI is InChI=1S/C25H25N3O4/c1-14-7-8-15(2)18(11-14)23-22-20(13-32-24(22)30)28(25(31)27-23)12-21(29)26-19-10-9-16-5-3-4-6-17(16)19/h3-8,11,19,23H,9-10,12-13H2,1-2H3,(H,26,29)(H,27,31)/t19-,23-/m0/s1. The molecule has 2 heterocycles. The maximum atomic E-state index is 13.0. The van der Waals surface area contributed by atoms with Gasteiger partial charge in [0.05, 0.1) is 23.4 Å². The molecule has 7 nitrogen and oxygen atoms in total. The number of hydrogen-bond donors (Lipinski definition) is 2. The number of carbonyl (C=O) groups excluding carboxylic acids is 3. The van der Waals surface area contributed by atoms with Crippen LogP contribution in [0, 0.1) is 13.8 Å². The number of cyclic esters (lactones) is 1. The van der Waals surface area contributed by atoms with Crippen LogP contribution in [0.3, 0.4) is 0 Å². The predicted molar refractivity (Wildman–Crippen MR) is 118 cm³/mol. The van der Waals surface area contributed by atoms with Crippen LogP contribution in [0.4, 0.5) is 4.79 Å². The number of nitrogens with zero attached hydrogens (tertiary/aromatic N) is 1. The monoisotopic (exact) mass is 431 g/mol. The first-order valence-electron chi connectivity index (χ1n) is 10.8. The van der Waals surface area contributed by atoms with E-state index in [0.717, 1.165) is 35.1 Å². The van der Waals surface area contributed by atoms with E-state index in [1.807, 2.05) is 50.2 Å². The molecule has 7 heteroatoms. The molecule has 0 spiro atoms. The highest BCUT2D eigenvalue weighted by Gasteiger charge is 2.43. The summed E-state index contributed by atoms with van der Waals surface area (Å²) < 4.78 is 5.28. The zero-order valence-corrected chi connectivity index (χ0v) is 18.1. The molecule has 0 bridgehead atoms. The number of fused-ring (bicyclic) bond motifs is 1. The van der Waals surface area contributed by atoms with Crippen molar-refractivity contribution in [3.05, 3.63) is 81.6 Å². The van der Waals surface area contributed by atoms with E-state index in [2.05, 4.69) is 16.7 Å². The normalized spacial score (nSPS) is 21.8. The van der Waals surface area contributed by atoms with Crippen LogP contribution < -0.4 is 10.6 Å². The number of hydrogen-bond acceptors (Lipinski definition) is 4. The maximum Gasteiger partial charge on any atom is 0.338 e. The van der Waals surface area contributed by atoms with Gasteiger partial charge in [-0.3, -0.25) is 9.69 Å². The Bertz CT molecular complexity index is 1170. The minimum Gasteiger partial charge on any atom is -0.456 e. The number of rotatable bonds is 4. The number of benzene rings is 2. The first-order valence-corrected chi connectivity index (χ1v) is 10.8. The van der Waals surface area contributed by atoms with Crippen LogP contribution >= 0.6 is 0 Å². The van der Waals surface area contributed by atoms with Crippen LogP contribution in [0.5, 0.6) is 0 Å². The molecule has 2 aliphatic heterocycles. The van der Waals surface area contributed by atoms with Gasteiger partial charge in [-0.05, 0) is 48.9 Å². The number of ether oxygens (including phenoxy) is 1. The van der Waals surface area contributed by atoms with E-state index in [-0.39, 0.29) is 25.1 Å². The molecule has 2 aromatic rings. The van der Waals surface area contributed by atoms with Crippen molar-refractivity contribution in [1.82, 2.24) is 15.5 Å². The topological polar surface area (TPSA) is 87.7 Å². The van der Waals surface area contributed by atoms with Gasteiger partial charge in [0.25, 0.3) is 0 Å². The lowest BCUT2D eigenvalue weighted by Crippen LogP contribution is -2.50. The van der Waals surface area contributed by atoms with Crippen LogP contribution in [0.1, 0.15) is 46.3 Å². The molecule has 0 unspecified atom stereocenters. The molecular weight excluding hydrogens is 406 g/mol. The fourth-order valence-electron chi connectivity index (χ4n) is 4.87. The van der Waals surface area contributed by atoms with Crippen molar-refractivity contribution in [1.29, 1.82) is 0 Å². The van der Waals surface area contributed by atoms with Crippen molar-refractivity contribution in [2.45, 2.75) is 38.8 Å². The number of amides is 3. The third-order valence-corrected chi connectivity index (χ3v) is 6.51. The number of aryl methyl sites for hydroxylation is 3. The van der Waals surface area contributed by atoms with E-state index in [1.165, 1.54) is 10.5 Å². The van der Waals surface area contributed by atoms with Crippen LogP contribution in [0.2, 0.25) is 0 Å². The summed E-state index contributed by atoms with van der Waals surface area (Å²) in [6, 6.07) is 12.9. The Balaban J connectivity index is 1.39. The number of esters is 1. The molecule has 2 aromatic carbocycles. The Labute approximate surface area is 186 Å². The van der Waals surface area contributed by atoms with Crippen molar-refractivity contribution < 1.29 is 19.1 Å². The fraction of sp³-hybridized carbons (Fsp3) is 0.320. The molecule has 2 N–H and O–H groups in total. The predicted octanol–water partition coefficient (Wildman–Crippen LogP) is 2.98. The van der Waals surface area contributed by atoms with Crippen LogP contribution in [-0.4, -0.2) is 36.0 Å². The molecule has 5 rings (SSSR count). The van der Waals surface area contributed by atoms with E-state index in [4.69, 9.17) is 4.74 Å². The smallest absolute Gasteiger partial charge is 0.338 e. The van der Waals surface area contributed by atoms with Gasteiger partial charge >= 0.3 is 12.0 Å².